The molecule has 0 aliphatic rings. The largest absolute Gasteiger partial charge is 0.491 e. The third kappa shape index (κ3) is 6.65. The zero-order chi connectivity index (χ0) is 27.1. The standard InChI is InChI=1S/C31H28F4O3/c1-3-5-21-6-8-22(9-7-21)23-10-14-25(15-11-23)37-20-31(34,35)38-26-16-12-24(13-17-26)27-18-19-28(36-4-2)30(33)29(27)32/h6-19H,3-5,20H2,1-2H3. The molecule has 0 N–H and O–H groups in total. The van der Waals surface area contributed by atoms with Gasteiger partial charge in [0.05, 0.1) is 6.61 Å². The minimum atomic E-state index is -3.62. The van der Waals surface area contributed by atoms with E-state index >= 15 is 0 Å². The number of hydrogen-bond donors (Lipinski definition) is 0. The number of alkyl halides is 2. The first-order valence-corrected chi connectivity index (χ1v) is 12.4. The summed E-state index contributed by atoms with van der Waals surface area (Å²) in [5.74, 6) is -2.24. The Morgan fingerprint density at radius 3 is 1.82 bits per heavy atom. The molecule has 198 valence electrons. The van der Waals surface area contributed by atoms with Crippen LogP contribution >= 0.6 is 0 Å². The Kier molecular flexibility index (Phi) is 8.56. The van der Waals surface area contributed by atoms with Crippen LogP contribution in [0.5, 0.6) is 17.2 Å². The molecule has 0 saturated carbocycles. The number of hydrogen-bond acceptors (Lipinski definition) is 3. The highest BCUT2D eigenvalue weighted by Crippen LogP contribution is 2.32. The first-order chi connectivity index (χ1) is 18.3. The Morgan fingerprint density at radius 1 is 0.632 bits per heavy atom. The third-order valence-corrected chi connectivity index (χ3v) is 5.87. The van der Waals surface area contributed by atoms with E-state index in [0.29, 0.717) is 5.56 Å². The summed E-state index contributed by atoms with van der Waals surface area (Å²) in [4.78, 5) is 0. The lowest BCUT2D eigenvalue weighted by atomic mass is 10.0. The molecule has 0 aliphatic carbocycles. The van der Waals surface area contributed by atoms with Gasteiger partial charge in [0.25, 0.3) is 0 Å². The van der Waals surface area contributed by atoms with Gasteiger partial charge in [0.2, 0.25) is 5.82 Å². The van der Waals surface area contributed by atoms with Crippen molar-refractivity contribution in [3.8, 4) is 39.5 Å². The molecule has 0 atom stereocenters. The Hall–Kier alpha value is -4.00. The quantitative estimate of drug-likeness (QED) is 0.184. The maximum atomic E-state index is 14.4. The van der Waals surface area contributed by atoms with E-state index in [4.69, 9.17) is 14.2 Å². The topological polar surface area (TPSA) is 27.7 Å². The normalized spacial score (nSPS) is 11.3. The lowest BCUT2D eigenvalue weighted by Crippen LogP contribution is -2.32. The zero-order valence-corrected chi connectivity index (χ0v) is 21.1. The van der Waals surface area contributed by atoms with Crippen LogP contribution < -0.4 is 14.2 Å². The molecule has 0 amide bonds. The van der Waals surface area contributed by atoms with E-state index in [2.05, 4.69) is 19.1 Å². The van der Waals surface area contributed by atoms with Gasteiger partial charge in [-0.3, -0.25) is 0 Å². The minimum Gasteiger partial charge on any atom is -0.491 e. The summed E-state index contributed by atoms with van der Waals surface area (Å²) in [5.41, 5.74) is 3.53. The SMILES string of the molecule is CCCc1ccc(-c2ccc(OCC(F)(F)Oc3ccc(-c4ccc(OCC)c(F)c4F)cc3)cc2)cc1. The number of ether oxygens (including phenoxy) is 3. The van der Waals surface area contributed by atoms with Crippen molar-refractivity contribution in [2.24, 2.45) is 0 Å². The lowest BCUT2D eigenvalue weighted by molar-refractivity contribution is -0.195. The van der Waals surface area contributed by atoms with Gasteiger partial charge in [0.15, 0.2) is 18.2 Å². The Balaban J connectivity index is 1.35. The molecule has 3 nitrogen and oxygen atoms in total. The van der Waals surface area contributed by atoms with Crippen molar-refractivity contribution in [1.82, 2.24) is 0 Å². The Bertz CT molecular complexity index is 1340. The van der Waals surface area contributed by atoms with E-state index in [1.807, 2.05) is 24.3 Å². The van der Waals surface area contributed by atoms with Crippen LogP contribution in [0.3, 0.4) is 0 Å². The van der Waals surface area contributed by atoms with Crippen molar-refractivity contribution in [2.45, 2.75) is 32.8 Å². The van der Waals surface area contributed by atoms with Crippen LogP contribution in [-0.4, -0.2) is 19.3 Å². The fraction of sp³-hybridized carbons (Fsp3) is 0.226. The van der Waals surface area contributed by atoms with Gasteiger partial charge < -0.3 is 14.2 Å². The monoisotopic (exact) mass is 524 g/mol. The molecule has 4 aromatic carbocycles. The van der Waals surface area contributed by atoms with Crippen molar-refractivity contribution < 1.29 is 31.8 Å². The maximum Gasteiger partial charge on any atom is 0.432 e. The number of rotatable bonds is 11. The van der Waals surface area contributed by atoms with Gasteiger partial charge in [0, 0.05) is 5.56 Å². The smallest absolute Gasteiger partial charge is 0.432 e. The minimum absolute atomic E-state index is 0.0204. The van der Waals surface area contributed by atoms with Crippen LogP contribution in [0.15, 0.2) is 84.9 Å². The van der Waals surface area contributed by atoms with Crippen LogP contribution in [0.1, 0.15) is 25.8 Å². The highest BCUT2D eigenvalue weighted by atomic mass is 19.3. The first kappa shape index (κ1) is 27.0. The van der Waals surface area contributed by atoms with Crippen molar-refractivity contribution in [3.05, 3.63) is 102 Å². The van der Waals surface area contributed by atoms with Crippen LogP contribution in [-0.2, 0) is 6.42 Å². The van der Waals surface area contributed by atoms with E-state index in [1.54, 1.807) is 19.1 Å². The van der Waals surface area contributed by atoms with Crippen LogP contribution in [0, 0.1) is 11.6 Å². The molecule has 0 bridgehead atoms. The van der Waals surface area contributed by atoms with Gasteiger partial charge in [-0.15, -0.1) is 0 Å². The highest BCUT2D eigenvalue weighted by Gasteiger charge is 2.33. The predicted octanol–water partition coefficient (Wildman–Crippen LogP) is 8.70. The molecule has 0 aromatic heterocycles. The molecule has 4 rings (SSSR count). The molecule has 7 heteroatoms. The molecule has 0 fully saturated rings. The Labute approximate surface area is 219 Å². The van der Waals surface area contributed by atoms with Gasteiger partial charge in [-0.05, 0) is 72.0 Å². The third-order valence-electron chi connectivity index (χ3n) is 5.87. The van der Waals surface area contributed by atoms with E-state index in [1.165, 1.54) is 42.0 Å². The van der Waals surface area contributed by atoms with Gasteiger partial charge in [0.1, 0.15) is 11.5 Å². The van der Waals surface area contributed by atoms with Gasteiger partial charge >= 0.3 is 6.11 Å². The van der Waals surface area contributed by atoms with Gasteiger partial charge in [-0.1, -0.05) is 61.9 Å². The number of aryl methyl sites for hydroxylation is 1. The average molecular weight is 525 g/mol. The Morgan fingerprint density at radius 2 is 1.21 bits per heavy atom. The summed E-state index contributed by atoms with van der Waals surface area (Å²) in [7, 11) is 0. The van der Waals surface area contributed by atoms with Crippen LogP contribution in [0.2, 0.25) is 0 Å². The van der Waals surface area contributed by atoms with E-state index in [9.17, 15) is 17.6 Å². The summed E-state index contributed by atoms with van der Waals surface area (Å²) in [6, 6.07) is 23.1. The van der Waals surface area contributed by atoms with E-state index in [0.717, 1.165) is 24.0 Å². The van der Waals surface area contributed by atoms with E-state index < -0.39 is 24.3 Å². The van der Waals surface area contributed by atoms with E-state index in [-0.39, 0.29) is 29.4 Å². The molecule has 0 heterocycles. The summed E-state index contributed by atoms with van der Waals surface area (Å²) in [6.45, 7) is 2.99. The molecule has 0 saturated heterocycles. The average Bonchev–Trinajstić information content (AvgIpc) is 2.92. The molecule has 0 spiro atoms. The molecular weight excluding hydrogens is 496 g/mol. The summed E-state index contributed by atoms with van der Waals surface area (Å²) < 4.78 is 72.6. The summed E-state index contributed by atoms with van der Waals surface area (Å²) in [6.07, 6.45) is -1.52. The molecule has 4 aromatic rings. The van der Waals surface area contributed by atoms with Gasteiger partial charge in [-0.2, -0.15) is 13.2 Å². The van der Waals surface area contributed by atoms with Crippen molar-refractivity contribution in [3.63, 3.8) is 0 Å². The zero-order valence-electron chi connectivity index (χ0n) is 21.1. The fourth-order valence-electron chi connectivity index (χ4n) is 3.99. The fourth-order valence-corrected chi connectivity index (χ4v) is 3.99. The molecule has 0 radical (unpaired) electrons. The van der Waals surface area contributed by atoms with Crippen LogP contribution in [0.25, 0.3) is 22.3 Å². The van der Waals surface area contributed by atoms with Crippen molar-refractivity contribution >= 4 is 0 Å². The molecule has 38 heavy (non-hydrogen) atoms. The second kappa shape index (κ2) is 12.0. The number of benzene rings is 4. The maximum absolute atomic E-state index is 14.4. The molecule has 0 unspecified atom stereocenters. The summed E-state index contributed by atoms with van der Waals surface area (Å²) in [5, 5.41) is 0. The van der Waals surface area contributed by atoms with Crippen molar-refractivity contribution in [2.75, 3.05) is 13.2 Å². The van der Waals surface area contributed by atoms with Crippen molar-refractivity contribution in [1.29, 1.82) is 0 Å². The second-order valence-electron chi connectivity index (χ2n) is 8.70. The van der Waals surface area contributed by atoms with Crippen LogP contribution in [0.4, 0.5) is 17.6 Å². The highest BCUT2D eigenvalue weighted by molar-refractivity contribution is 5.66. The lowest BCUT2D eigenvalue weighted by Gasteiger charge is -2.19. The molecular formula is C31H28F4O3. The second-order valence-corrected chi connectivity index (χ2v) is 8.70. The predicted molar refractivity (Wildman–Crippen MR) is 140 cm³/mol. The van der Waals surface area contributed by atoms with Gasteiger partial charge in [-0.25, -0.2) is 4.39 Å². The number of halogens is 4. The summed E-state index contributed by atoms with van der Waals surface area (Å²) >= 11 is 0. The first-order valence-electron chi connectivity index (χ1n) is 12.4. The molecule has 0 aliphatic heterocycles.